The molecular weight excluding hydrogens is 209 g/mol. The molecule has 0 fully saturated rings. The van der Waals surface area contributed by atoms with Crippen molar-refractivity contribution >= 4 is 13.4 Å². The molecule has 2 nitrogen and oxygen atoms in total. The average Bonchev–Trinajstić information content (AvgIpc) is 2.40. The second-order valence-electron chi connectivity index (χ2n) is 3.17. The summed E-state index contributed by atoms with van der Waals surface area (Å²) in [6.45, 7) is 4.51. The number of pyridine rings is 1. The van der Waals surface area contributed by atoms with Crippen molar-refractivity contribution in [1.29, 1.82) is 0 Å². The van der Waals surface area contributed by atoms with E-state index in [-0.39, 0.29) is 0 Å². The topological polar surface area (TPSA) is 22.1 Å². The van der Waals surface area contributed by atoms with Gasteiger partial charge >= 0.3 is 0 Å². The quantitative estimate of drug-likeness (QED) is 0.748. The fourth-order valence-corrected chi connectivity index (χ4v) is 1.24. The summed E-state index contributed by atoms with van der Waals surface area (Å²) >= 11 is 0. The molecule has 0 aliphatic carbocycles. The minimum Gasteiger partial charge on any atom is -0.473 e. The highest BCUT2D eigenvalue weighted by Gasteiger charge is 1.96. The molecule has 0 saturated heterocycles. The summed E-state index contributed by atoms with van der Waals surface area (Å²) in [5.41, 5.74) is 1.59. The van der Waals surface area contributed by atoms with Crippen LogP contribution in [0.25, 0.3) is 0 Å². The van der Waals surface area contributed by atoms with Gasteiger partial charge in [-0.25, -0.2) is 4.98 Å². The molecule has 0 aliphatic heterocycles. The molecule has 0 N–H and O–H groups in total. The third kappa shape index (κ3) is 4.73. The van der Waals surface area contributed by atoms with Crippen molar-refractivity contribution in [2.45, 2.75) is 20.5 Å². The molecule has 0 unspecified atom stereocenters. The van der Waals surface area contributed by atoms with E-state index in [4.69, 9.17) is 12.6 Å². The van der Waals surface area contributed by atoms with Crippen LogP contribution in [0, 0.1) is 0 Å². The fraction of sp³-hybridized carbons (Fsp3) is 0.214. The van der Waals surface area contributed by atoms with E-state index in [0.717, 1.165) is 5.56 Å². The van der Waals surface area contributed by atoms with Gasteiger partial charge in [0.2, 0.25) is 5.88 Å². The van der Waals surface area contributed by atoms with Gasteiger partial charge in [0.1, 0.15) is 14.5 Å². The Morgan fingerprint density at radius 1 is 1.00 bits per heavy atom. The summed E-state index contributed by atoms with van der Waals surface area (Å²) in [7, 11) is 5.54. The van der Waals surface area contributed by atoms with Crippen LogP contribution in [-0.4, -0.2) is 12.8 Å². The summed E-state index contributed by atoms with van der Waals surface area (Å²) in [6, 6.07) is 15.3. The summed E-state index contributed by atoms with van der Waals surface area (Å²) in [5, 5.41) is 0. The first-order valence-corrected chi connectivity index (χ1v) is 5.74. The van der Waals surface area contributed by atoms with Crippen LogP contribution in [0.2, 0.25) is 0 Å². The van der Waals surface area contributed by atoms with Crippen molar-refractivity contribution in [3.8, 4) is 5.88 Å². The summed E-state index contributed by atoms with van der Waals surface area (Å²) in [4.78, 5) is 4.04. The standard InChI is InChI=1S/C12H10BNO.C2H6/c13-11-7-4-8-12(14-11)15-9-10-5-2-1-3-6-10;1-2/h1-8H,9H2;1-2H3. The maximum Gasteiger partial charge on any atom is 0.212 e. The molecule has 1 aromatic heterocycles. The van der Waals surface area contributed by atoms with E-state index in [1.807, 2.05) is 50.2 Å². The first kappa shape index (κ1) is 13.3. The number of hydrogen-bond acceptors (Lipinski definition) is 2. The van der Waals surface area contributed by atoms with Crippen molar-refractivity contribution in [2.75, 3.05) is 0 Å². The second-order valence-corrected chi connectivity index (χ2v) is 3.17. The van der Waals surface area contributed by atoms with Gasteiger partial charge in [0.05, 0.1) is 0 Å². The molecule has 17 heavy (non-hydrogen) atoms. The molecule has 0 atom stereocenters. The van der Waals surface area contributed by atoms with Gasteiger partial charge in [0.25, 0.3) is 0 Å². The zero-order valence-electron chi connectivity index (χ0n) is 10.3. The predicted octanol–water partition coefficient (Wildman–Crippen LogP) is 2.48. The maximum absolute atomic E-state index is 5.54. The molecule has 2 aromatic rings. The summed E-state index contributed by atoms with van der Waals surface area (Å²) in [6.07, 6.45) is 0. The van der Waals surface area contributed by atoms with Crippen LogP contribution in [-0.2, 0) is 6.61 Å². The Bertz CT molecular complexity index is 431. The van der Waals surface area contributed by atoms with Gasteiger partial charge in [0.15, 0.2) is 0 Å². The van der Waals surface area contributed by atoms with Crippen LogP contribution >= 0.6 is 0 Å². The predicted molar refractivity (Wildman–Crippen MR) is 71.7 cm³/mol. The fourth-order valence-electron chi connectivity index (χ4n) is 1.24. The van der Waals surface area contributed by atoms with Gasteiger partial charge in [-0.3, -0.25) is 0 Å². The van der Waals surface area contributed by atoms with E-state index in [2.05, 4.69) is 4.98 Å². The molecule has 0 amide bonds. The average molecular weight is 225 g/mol. The van der Waals surface area contributed by atoms with Gasteiger partial charge in [-0.15, -0.1) is 0 Å². The lowest BCUT2D eigenvalue weighted by atomic mass is 10.0. The molecule has 2 radical (unpaired) electrons. The Kier molecular flexibility index (Phi) is 5.87. The Morgan fingerprint density at radius 3 is 2.35 bits per heavy atom. The lowest BCUT2D eigenvalue weighted by Crippen LogP contribution is -2.08. The van der Waals surface area contributed by atoms with Crippen LogP contribution in [0.4, 0.5) is 0 Å². The molecule has 0 saturated carbocycles. The maximum atomic E-state index is 5.54. The van der Waals surface area contributed by atoms with E-state index >= 15 is 0 Å². The zero-order chi connectivity index (χ0) is 12.5. The molecule has 0 aliphatic rings. The lowest BCUT2D eigenvalue weighted by Gasteiger charge is -2.05. The number of hydrogen-bond donors (Lipinski definition) is 0. The van der Waals surface area contributed by atoms with Crippen molar-refractivity contribution in [3.63, 3.8) is 0 Å². The molecule has 0 spiro atoms. The zero-order valence-corrected chi connectivity index (χ0v) is 10.3. The number of aromatic nitrogens is 1. The first-order chi connectivity index (χ1) is 8.34. The second kappa shape index (κ2) is 7.50. The Morgan fingerprint density at radius 2 is 1.71 bits per heavy atom. The lowest BCUT2D eigenvalue weighted by molar-refractivity contribution is 0.294. The van der Waals surface area contributed by atoms with E-state index in [1.165, 1.54) is 0 Å². The van der Waals surface area contributed by atoms with Crippen LogP contribution < -0.4 is 10.3 Å². The third-order valence-electron chi connectivity index (χ3n) is 1.97. The van der Waals surface area contributed by atoms with Crippen molar-refractivity contribution in [1.82, 2.24) is 4.98 Å². The largest absolute Gasteiger partial charge is 0.473 e. The highest BCUT2D eigenvalue weighted by molar-refractivity contribution is 6.30. The minimum atomic E-state index is 0.473. The van der Waals surface area contributed by atoms with Crippen LogP contribution in [0.5, 0.6) is 5.88 Å². The third-order valence-corrected chi connectivity index (χ3v) is 1.97. The number of nitrogens with zero attached hydrogens (tertiary/aromatic N) is 1. The molecule has 1 aromatic carbocycles. The van der Waals surface area contributed by atoms with Crippen molar-refractivity contribution in [3.05, 3.63) is 54.1 Å². The Labute approximate surface area is 104 Å². The number of rotatable bonds is 3. The normalized spacial score (nSPS) is 9.06. The van der Waals surface area contributed by atoms with Gasteiger partial charge in [-0.05, 0) is 11.2 Å². The van der Waals surface area contributed by atoms with Gasteiger partial charge < -0.3 is 4.74 Å². The van der Waals surface area contributed by atoms with Crippen molar-refractivity contribution in [2.24, 2.45) is 0 Å². The van der Waals surface area contributed by atoms with Crippen LogP contribution in [0.3, 0.4) is 0 Å². The van der Waals surface area contributed by atoms with Crippen LogP contribution in [0.1, 0.15) is 19.4 Å². The van der Waals surface area contributed by atoms with Gasteiger partial charge in [-0.1, -0.05) is 56.3 Å². The van der Waals surface area contributed by atoms with E-state index in [0.29, 0.717) is 18.1 Å². The summed E-state index contributed by atoms with van der Waals surface area (Å²) < 4.78 is 5.48. The van der Waals surface area contributed by atoms with E-state index < -0.39 is 0 Å². The Balaban J connectivity index is 0.000000686. The smallest absolute Gasteiger partial charge is 0.212 e. The van der Waals surface area contributed by atoms with E-state index in [9.17, 15) is 0 Å². The number of benzene rings is 1. The highest BCUT2D eigenvalue weighted by atomic mass is 16.5. The highest BCUT2D eigenvalue weighted by Crippen LogP contribution is 2.06. The molecule has 3 heteroatoms. The Hall–Kier alpha value is -1.77. The first-order valence-electron chi connectivity index (χ1n) is 5.74. The minimum absolute atomic E-state index is 0.473. The monoisotopic (exact) mass is 225 g/mol. The van der Waals surface area contributed by atoms with E-state index in [1.54, 1.807) is 12.1 Å². The van der Waals surface area contributed by atoms with Crippen LogP contribution in [0.15, 0.2) is 48.5 Å². The van der Waals surface area contributed by atoms with Crippen molar-refractivity contribution < 1.29 is 4.74 Å². The molecule has 2 rings (SSSR count). The molecule has 0 bridgehead atoms. The number of ether oxygens (including phenoxy) is 1. The molecular formula is C14H16BNO. The molecule has 1 heterocycles. The molecule has 86 valence electrons. The van der Waals surface area contributed by atoms with Gasteiger partial charge in [0, 0.05) is 6.07 Å². The summed E-state index contributed by atoms with van der Waals surface area (Å²) in [5.74, 6) is 0.554. The van der Waals surface area contributed by atoms with Gasteiger partial charge in [-0.2, -0.15) is 0 Å². The SMILES string of the molecule is CC.[B]c1cccc(OCc2ccccc2)n1.